The standard InChI is InChI=1S/C21H22N2O3S/c1-25-18-8-6-16(7-9-18)11-13-26-19-5-3-4-17(14-19)15-23-20(24)10-12-22-21(23)27-2/h3-10,12,14H,11,13,15H2,1-2H3. The highest BCUT2D eigenvalue weighted by atomic mass is 32.2. The van der Waals surface area contributed by atoms with Crippen LogP contribution in [0.1, 0.15) is 11.1 Å². The third-order valence-corrected chi connectivity index (χ3v) is 4.83. The van der Waals surface area contributed by atoms with Crippen LogP contribution in [0.5, 0.6) is 11.5 Å². The van der Waals surface area contributed by atoms with E-state index in [9.17, 15) is 4.79 Å². The molecule has 2 aromatic carbocycles. The van der Waals surface area contributed by atoms with Gasteiger partial charge in [0.05, 0.1) is 20.3 Å². The average Bonchev–Trinajstić information content (AvgIpc) is 2.70. The van der Waals surface area contributed by atoms with Crippen molar-refractivity contribution in [2.45, 2.75) is 18.1 Å². The Bertz CT molecular complexity index is 939. The van der Waals surface area contributed by atoms with Crippen LogP contribution in [0.25, 0.3) is 0 Å². The van der Waals surface area contributed by atoms with Crippen LogP contribution in [0.3, 0.4) is 0 Å². The normalized spacial score (nSPS) is 10.6. The molecule has 0 N–H and O–H groups in total. The minimum absolute atomic E-state index is 0.0554. The van der Waals surface area contributed by atoms with Crippen molar-refractivity contribution in [2.24, 2.45) is 0 Å². The summed E-state index contributed by atoms with van der Waals surface area (Å²) in [5, 5.41) is 0.702. The van der Waals surface area contributed by atoms with Crippen LogP contribution >= 0.6 is 11.8 Å². The van der Waals surface area contributed by atoms with Crippen molar-refractivity contribution in [2.75, 3.05) is 20.0 Å². The molecule has 1 heterocycles. The molecule has 0 radical (unpaired) electrons. The van der Waals surface area contributed by atoms with Gasteiger partial charge in [0.2, 0.25) is 0 Å². The topological polar surface area (TPSA) is 53.4 Å². The monoisotopic (exact) mass is 382 g/mol. The van der Waals surface area contributed by atoms with Gasteiger partial charge in [-0.05, 0) is 41.6 Å². The fourth-order valence-corrected chi connectivity index (χ4v) is 3.26. The molecule has 0 saturated carbocycles. The van der Waals surface area contributed by atoms with Gasteiger partial charge in [-0.2, -0.15) is 0 Å². The molecule has 0 fully saturated rings. The number of hydrogen-bond acceptors (Lipinski definition) is 5. The minimum Gasteiger partial charge on any atom is -0.497 e. The maximum absolute atomic E-state index is 12.1. The molecule has 27 heavy (non-hydrogen) atoms. The smallest absolute Gasteiger partial charge is 0.254 e. The Morgan fingerprint density at radius 1 is 1.04 bits per heavy atom. The van der Waals surface area contributed by atoms with Crippen molar-refractivity contribution in [3.05, 3.63) is 82.3 Å². The van der Waals surface area contributed by atoms with Gasteiger partial charge in [0.1, 0.15) is 11.5 Å². The van der Waals surface area contributed by atoms with Crippen LogP contribution in [0, 0.1) is 0 Å². The van der Waals surface area contributed by atoms with Crippen molar-refractivity contribution in [1.29, 1.82) is 0 Å². The summed E-state index contributed by atoms with van der Waals surface area (Å²) in [6.45, 7) is 1.05. The second-order valence-electron chi connectivity index (χ2n) is 5.95. The van der Waals surface area contributed by atoms with E-state index in [2.05, 4.69) is 4.98 Å². The molecule has 3 rings (SSSR count). The van der Waals surface area contributed by atoms with E-state index >= 15 is 0 Å². The molecule has 0 unspecified atom stereocenters. The molecule has 3 aromatic rings. The van der Waals surface area contributed by atoms with Crippen molar-refractivity contribution in [1.82, 2.24) is 9.55 Å². The first-order valence-corrected chi connectivity index (χ1v) is 9.86. The second kappa shape index (κ2) is 9.28. The van der Waals surface area contributed by atoms with E-state index in [-0.39, 0.29) is 5.56 Å². The number of hydrogen-bond donors (Lipinski definition) is 0. The summed E-state index contributed by atoms with van der Waals surface area (Å²) in [5.41, 5.74) is 2.14. The summed E-state index contributed by atoms with van der Waals surface area (Å²) in [4.78, 5) is 16.4. The van der Waals surface area contributed by atoms with Gasteiger partial charge < -0.3 is 9.47 Å². The van der Waals surface area contributed by atoms with E-state index < -0.39 is 0 Å². The first kappa shape index (κ1) is 19.0. The fraction of sp³-hybridized carbons (Fsp3) is 0.238. The van der Waals surface area contributed by atoms with Crippen molar-refractivity contribution in [3.8, 4) is 11.5 Å². The largest absolute Gasteiger partial charge is 0.497 e. The second-order valence-corrected chi connectivity index (χ2v) is 6.72. The predicted octanol–water partition coefficient (Wildman–Crippen LogP) is 3.64. The molecule has 0 spiro atoms. The van der Waals surface area contributed by atoms with Crippen LogP contribution in [0.4, 0.5) is 0 Å². The number of rotatable bonds is 8. The summed E-state index contributed by atoms with van der Waals surface area (Å²) in [6, 6.07) is 17.3. The van der Waals surface area contributed by atoms with Gasteiger partial charge >= 0.3 is 0 Å². The molecular formula is C21H22N2O3S. The maximum Gasteiger partial charge on any atom is 0.254 e. The zero-order valence-electron chi connectivity index (χ0n) is 15.4. The van der Waals surface area contributed by atoms with E-state index in [4.69, 9.17) is 9.47 Å². The zero-order chi connectivity index (χ0) is 19.1. The number of thioether (sulfide) groups is 1. The van der Waals surface area contributed by atoms with Gasteiger partial charge in [0.25, 0.3) is 5.56 Å². The minimum atomic E-state index is -0.0554. The van der Waals surface area contributed by atoms with Crippen LogP contribution in [0.2, 0.25) is 0 Å². The summed E-state index contributed by atoms with van der Waals surface area (Å²) >= 11 is 1.46. The quantitative estimate of drug-likeness (QED) is 0.440. The number of methoxy groups -OCH3 is 1. The molecule has 5 nitrogen and oxygen atoms in total. The van der Waals surface area contributed by atoms with Crippen molar-refractivity contribution < 1.29 is 9.47 Å². The zero-order valence-corrected chi connectivity index (χ0v) is 16.2. The Morgan fingerprint density at radius 3 is 2.59 bits per heavy atom. The maximum atomic E-state index is 12.1. The molecule has 0 bridgehead atoms. The molecule has 140 valence electrons. The third kappa shape index (κ3) is 5.14. The lowest BCUT2D eigenvalue weighted by molar-refractivity contribution is 0.321. The van der Waals surface area contributed by atoms with Gasteiger partial charge in [0.15, 0.2) is 5.16 Å². The molecule has 0 aliphatic carbocycles. The van der Waals surface area contributed by atoms with E-state index in [1.807, 2.05) is 54.8 Å². The van der Waals surface area contributed by atoms with E-state index in [0.29, 0.717) is 18.3 Å². The van der Waals surface area contributed by atoms with Gasteiger partial charge in [-0.15, -0.1) is 0 Å². The number of aromatic nitrogens is 2. The Hall–Kier alpha value is -2.73. The Labute approximate surface area is 163 Å². The van der Waals surface area contributed by atoms with Crippen LogP contribution in [-0.4, -0.2) is 29.5 Å². The van der Waals surface area contributed by atoms with Crippen LogP contribution in [-0.2, 0) is 13.0 Å². The lowest BCUT2D eigenvalue weighted by Gasteiger charge is -2.11. The Morgan fingerprint density at radius 2 is 1.85 bits per heavy atom. The van der Waals surface area contributed by atoms with Gasteiger partial charge in [0, 0.05) is 18.7 Å². The molecular weight excluding hydrogens is 360 g/mol. The molecule has 0 amide bonds. The Kier molecular flexibility index (Phi) is 6.54. The first-order valence-electron chi connectivity index (χ1n) is 8.64. The molecule has 0 aliphatic rings. The molecule has 1 aromatic heterocycles. The first-order chi connectivity index (χ1) is 13.2. The molecule has 0 aliphatic heterocycles. The summed E-state index contributed by atoms with van der Waals surface area (Å²) < 4.78 is 12.7. The average molecular weight is 382 g/mol. The lowest BCUT2D eigenvalue weighted by atomic mass is 10.1. The van der Waals surface area contributed by atoms with Gasteiger partial charge in [-0.25, -0.2) is 4.98 Å². The summed E-state index contributed by atoms with van der Waals surface area (Å²) in [5.74, 6) is 1.64. The van der Waals surface area contributed by atoms with Gasteiger partial charge in [-0.3, -0.25) is 9.36 Å². The summed E-state index contributed by atoms with van der Waals surface area (Å²) in [7, 11) is 1.66. The predicted molar refractivity (Wildman–Crippen MR) is 108 cm³/mol. The molecule has 0 saturated heterocycles. The Balaban J connectivity index is 1.63. The highest BCUT2D eigenvalue weighted by Gasteiger charge is 2.06. The summed E-state index contributed by atoms with van der Waals surface area (Å²) in [6.07, 6.45) is 4.27. The number of ether oxygens (including phenoxy) is 2. The fourth-order valence-electron chi connectivity index (χ4n) is 2.72. The van der Waals surface area contributed by atoms with Crippen LogP contribution in [0.15, 0.2) is 70.7 Å². The van der Waals surface area contributed by atoms with Crippen molar-refractivity contribution in [3.63, 3.8) is 0 Å². The number of nitrogens with zero attached hydrogens (tertiary/aromatic N) is 2. The highest BCUT2D eigenvalue weighted by molar-refractivity contribution is 7.98. The van der Waals surface area contributed by atoms with E-state index in [1.165, 1.54) is 23.4 Å². The molecule has 0 atom stereocenters. The van der Waals surface area contributed by atoms with Crippen molar-refractivity contribution >= 4 is 11.8 Å². The van der Waals surface area contributed by atoms with Gasteiger partial charge in [-0.1, -0.05) is 36.0 Å². The van der Waals surface area contributed by atoms with E-state index in [1.54, 1.807) is 17.9 Å². The lowest BCUT2D eigenvalue weighted by Crippen LogP contribution is -2.22. The third-order valence-electron chi connectivity index (χ3n) is 4.14. The number of benzene rings is 2. The highest BCUT2D eigenvalue weighted by Crippen LogP contribution is 2.17. The SMILES string of the molecule is COc1ccc(CCOc2cccc(Cn3c(SC)nccc3=O)c2)cc1. The van der Waals surface area contributed by atoms with E-state index in [0.717, 1.165) is 23.5 Å². The molecule has 6 heteroatoms. The van der Waals surface area contributed by atoms with Crippen LogP contribution < -0.4 is 15.0 Å².